The summed E-state index contributed by atoms with van der Waals surface area (Å²) >= 11 is 3.41. The summed E-state index contributed by atoms with van der Waals surface area (Å²) in [6, 6.07) is 0.696. The minimum atomic E-state index is 0.480. The molecule has 1 aliphatic carbocycles. The molecule has 0 aromatic heterocycles. The fraction of sp³-hybridized carbons (Fsp3) is 0.857. The molecule has 0 radical (unpaired) electrons. The number of halogens is 1. The smallest absolute Gasteiger partial charge is 0.0268 e. The summed E-state index contributed by atoms with van der Waals surface area (Å²) in [7, 11) is 0. The van der Waals surface area contributed by atoms with Crippen molar-refractivity contribution in [2.75, 3.05) is 6.54 Å². The first-order valence-electron chi connectivity index (χ1n) is 6.46. The highest BCUT2D eigenvalue weighted by Gasteiger charge is 2.27. The number of hydrogen-bond donors (Lipinski definition) is 1. The summed E-state index contributed by atoms with van der Waals surface area (Å²) < 4.78 is 1.06. The Balaban J connectivity index is 2.37. The molecule has 0 amide bonds. The van der Waals surface area contributed by atoms with Crippen LogP contribution in [0.4, 0.5) is 0 Å². The molecule has 1 N–H and O–H groups in total. The lowest BCUT2D eigenvalue weighted by Crippen LogP contribution is -2.29. The van der Waals surface area contributed by atoms with Crippen LogP contribution >= 0.6 is 15.9 Å². The van der Waals surface area contributed by atoms with Crippen LogP contribution in [0.1, 0.15) is 52.9 Å². The van der Waals surface area contributed by atoms with E-state index in [1.54, 1.807) is 0 Å². The molecule has 1 aliphatic rings. The van der Waals surface area contributed by atoms with Crippen LogP contribution in [0.2, 0.25) is 0 Å². The summed E-state index contributed by atoms with van der Waals surface area (Å²) in [5.74, 6) is 0.895. The summed E-state index contributed by atoms with van der Waals surface area (Å²) in [6.45, 7) is 11.9. The van der Waals surface area contributed by atoms with Crippen LogP contribution in [0.3, 0.4) is 0 Å². The molecule has 1 saturated carbocycles. The van der Waals surface area contributed by atoms with E-state index in [1.807, 2.05) is 0 Å². The van der Waals surface area contributed by atoms with Crippen LogP contribution in [0, 0.1) is 11.3 Å². The van der Waals surface area contributed by atoms with E-state index in [2.05, 4.69) is 48.6 Å². The van der Waals surface area contributed by atoms with Gasteiger partial charge >= 0.3 is 0 Å². The van der Waals surface area contributed by atoms with Crippen molar-refractivity contribution in [3.63, 3.8) is 0 Å². The average Bonchev–Trinajstić information content (AvgIpc) is 2.38. The van der Waals surface area contributed by atoms with Gasteiger partial charge in [-0.2, -0.15) is 0 Å². The first-order valence-corrected chi connectivity index (χ1v) is 7.25. The Morgan fingerprint density at radius 3 is 2.50 bits per heavy atom. The zero-order valence-corrected chi connectivity index (χ0v) is 12.6. The standard InChI is InChI=1S/C14H26BrN/c1-11(15)10-16-13-7-5-6-12(8-9-13)14(2,3)4/h12-13,16H,1,5-10H2,2-4H3. The monoisotopic (exact) mass is 287 g/mol. The molecule has 2 atom stereocenters. The van der Waals surface area contributed by atoms with Crippen molar-refractivity contribution in [3.05, 3.63) is 11.1 Å². The fourth-order valence-corrected chi connectivity index (χ4v) is 2.79. The van der Waals surface area contributed by atoms with Gasteiger partial charge < -0.3 is 5.32 Å². The van der Waals surface area contributed by atoms with Crippen LogP contribution in [-0.4, -0.2) is 12.6 Å². The molecule has 0 spiro atoms. The maximum atomic E-state index is 3.87. The van der Waals surface area contributed by atoms with Crippen molar-refractivity contribution in [1.29, 1.82) is 0 Å². The lowest BCUT2D eigenvalue weighted by molar-refractivity contribution is 0.213. The minimum absolute atomic E-state index is 0.480. The van der Waals surface area contributed by atoms with Gasteiger partial charge in [-0.1, -0.05) is 49.7 Å². The van der Waals surface area contributed by atoms with Crippen LogP contribution in [-0.2, 0) is 0 Å². The molecule has 1 nitrogen and oxygen atoms in total. The Bertz CT molecular complexity index is 229. The topological polar surface area (TPSA) is 12.0 Å². The molecule has 0 saturated heterocycles. The first-order chi connectivity index (χ1) is 7.39. The maximum absolute atomic E-state index is 3.87. The molecule has 1 rings (SSSR count). The van der Waals surface area contributed by atoms with Crippen molar-refractivity contribution in [1.82, 2.24) is 5.32 Å². The van der Waals surface area contributed by atoms with E-state index in [4.69, 9.17) is 0 Å². The van der Waals surface area contributed by atoms with Gasteiger partial charge in [0.05, 0.1) is 0 Å². The van der Waals surface area contributed by atoms with Gasteiger partial charge in [0.25, 0.3) is 0 Å². The molecule has 0 aromatic rings. The summed E-state index contributed by atoms with van der Waals surface area (Å²) in [5, 5.41) is 3.59. The van der Waals surface area contributed by atoms with Crippen molar-refractivity contribution < 1.29 is 0 Å². The molecule has 0 aliphatic heterocycles. The molecule has 94 valence electrons. The zero-order valence-electron chi connectivity index (χ0n) is 11.0. The summed E-state index contributed by atoms with van der Waals surface area (Å²) in [5.41, 5.74) is 0.480. The van der Waals surface area contributed by atoms with Crippen molar-refractivity contribution >= 4 is 15.9 Å². The largest absolute Gasteiger partial charge is 0.309 e. The predicted octanol–water partition coefficient (Wildman–Crippen LogP) is 4.48. The van der Waals surface area contributed by atoms with E-state index in [0.717, 1.165) is 16.9 Å². The highest BCUT2D eigenvalue weighted by molar-refractivity contribution is 9.11. The highest BCUT2D eigenvalue weighted by Crippen LogP contribution is 2.36. The summed E-state index contributed by atoms with van der Waals surface area (Å²) in [6.07, 6.45) is 6.79. The Kier molecular flexibility index (Phi) is 5.52. The van der Waals surface area contributed by atoms with Gasteiger partial charge in [-0.05, 0) is 37.0 Å². The number of hydrogen-bond acceptors (Lipinski definition) is 1. The quantitative estimate of drug-likeness (QED) is 0.755. The van der Waals surface area contributed by atoms with E-state index in [1.165, 1.54) is 32.1 Å². The molecule has 16 heavy (non-hydrogen) atoms. The third-order valence-electron chi connectivity index (χ3n) is 3.78. The lowest BCUT2D eigenvalue weighted by Gasteiger charge is -2.29. The maximum Gasteiger partial charge on any atom is 0.0268 e. The van der Waals surface area contributed by atoms with Crippen molar-refractivity contribution in [2.24, 2.45) is 11.3 Å². The van der Waals surface area contributed by atoms with E-state index in [9.17, 15) is 0 Å². The SMILES string of the molecule is C=C(Br)CNC1CCCC(C(C)(C)C)CC1. The van der Waals surface area contributed by atoms with Gasteiger partial charge in [0.1, 0.15) is 0 Å². The van der Waals surface area contributed by atoms with Crippen LogP contribution < -0.4 is 5.32 Å². The van der Waals surface area contributed by atoms with E-state index < -0.39 is 0 Å². The Morgan fingerprint density at radius 2 is 1.94 bits per heavy atom. The van der Waals surface area contributed by atoms with E-state index in [-0.39, 0.29) is 0 Å². The van der Waals surface area contributed by atoms with Gasteiger partial charge in [0, 0.05) is 17.1 Å². The minimum Gasteiger partial charge on any atom is -0.309 e. The molecule has 0 bridgehead atoms. The van der Waals surface area contributed by atoms with E-state index in [0.29, 0.717) is 11.5 Å². The molecular formula is C14H26BrN. The second-order valence-corrected chi connectivity index (χ2v) is 7.29. The van der Waals surface area contributed by atoms with Crippen LogP contribution in [0.5, 0.6) is 0 Å². The third-order valence-corrected chi connectivity index (χ3v) is 4.06. The Hall–Kier alpha value is 0.180. The zero-order chi connectivity index (χ0) is 12.2. The second kappa shape index (κ2) is 6.20. The van der Waals surface area contributed by atoms with Crippen LogP contribution in [0.15, 0.2) is 11.1 Å². The van der Waals surface area contributed by atoms with Gasteiger partial charge in [-0.15, -0.1) is 0 Å². The Labute approximate surface area is 109 Å². The van der Waals surface area contributed by atoms with Gasteiger partial charge in [0.2, 0.25) is 0 Å². The molecular weight excluding hydrogens is 262 g/mol. The number of nitrogens with one attached hydrogen (secondary N) is 1. The molecule has 0 heterocycles. The molecule has 0 aromatic carbocycles. The third kappa shape index (κ3) is 5.01. The fourth-order valence-electron chi connectivity index (χ4n) is 2.63. The van der Waals surface area contributed by atoms with Gasteiger partial charge in [-0.3, -0.25) is 0 Å². The second-order valence-electron chi connectivity index (χ2n) is 6.17. The lowest BCUT2D eigenvalue weighted by atomic mass is 9.76. The number of rotatable bonds is 3. The average molecular weight is 288 g/mol. The van der Waals surface area contributed by atoms with Crippen molar-refractivity contribution in [3.8, 4) is 0 Å². The van der Waals surface area contributed by atoms with Crippen molar-refractivity contribution in [2.45, 2.75) is 58.9 Å². The molecule has 2 unspecified atom stereocenters. The van der Waals surface area contributed by atoms with E-state index >= 15 is 0 Å². The first kappa shape index (κ1) is 14.2. The molecule has 1 fully saturated rings. The summed E-state index contributed by atoms with van der Waals surface area (Å²) in [4.78, 5) is 0. The van der Waals surface area contributed by atoms with Crippen LogP contribution in [0.25, 0.3) is 0 Å². The van der Waals surface area contributed by atoms with Gasteiger partial charge in [0.15, 0.2) is 0 Å². The van der Waals surface area contributed by atoms with Gasteiger partial charge in [-0.25, -0.2) is 0 Å². The Morgan fingerprint density at radius 1 is 1.25 bits per heavy atom. The predicted molar refractivity (Wildman–Crippen MR) is 75.9 cm³/mol. The molecule has 2 heteroatoms. The normalized spacial score (nSPS) is 27.5. The highest BCUT2D eigenvalue weighted by atomic mass is 79.9.